The number of carbonyl (C=O) groups is 2. The van der Waals surface area contributed by atoms with E-state index in [-0.39, 0.29) is 18.1 Å². The van der Waals surface area contributed by atoms with Gasteiger partial charge in [-0.15, -0.1) is 0 Å². The summed E-state index contributed by atoms with van der Waals surface area (Å²) < 4.78 is 16.9. The van der Waals surface area contributed by atoms with Crippen LogP contribution in [-0.2, 0) is 9.59 Å². The minimum atomic E-state index is -1.98. The van der Waals surface area contributed by atoms with Crippen LogP contribution in [0.15, 0.2) is 23.8 Å². The fourth-order valence-electron chi connectivity index (χ4n) is 7.26. The van der Waals surface area contributed by atoms with Crippen molar-refractivity contribution in [2.75, 3.05) is 6.61 Å². The molecule has 28 heavy (non-hydrogen) atoms. The number of rotatable bonds is 2. The first-order valence-electron chi connectivity index (χ1n) is 10.1. The molecule has 3 saturated carbocycles. The van der Waals surface area contributed by atoms with Crippen LogP contribution < -0.4 is 0 Å². The Bertz CT molecular complexity index is 805. The Kier molecular flexibility index (Phi) is 4.15. The van der Waals surface area contributed by atoms with Gasteiger partial charge in [-0.05, 0) is 56.6 Å². The summed E-state index contributed by atoms with van der Waals surface area (Å²) in [6.07, 6.45) is 4.44. The number of aliphatic hydroxyl groups excluding tert-OH is 2. The van der Waals surface area contributed by atoms with Gasteiger partial charge in [0.05, 0.1) is 6.10 Å². The first-order valence-corrected chi connectivity index (χ1v) is 10.1. The summed E-state index contributed by atoms with van der Waals surface area (Å²) in [5.41, 5.74) is -5.17. The van der Waals surface area contributed by atoms with Crippen molar-refractivity contribution in [3.63, 3.8) is 0 Å². The SMILES string of the molecule is C[C@H]1CC2C3CCC4=CC(=O)C=CC4(C)C3(F)C(O)CC2(C)C1(O)C(=O)CO. The van der Waals surface area contributed by atoms with Crippen molar-refractivity contribution in [1.82, 2.24) is 0 Å². The maximum absolute atomic E-state index is 16.9. The maximum atomic E-state index is 16.9. The Morgan fingerprint density at radius 3 is 2.64 bits per heavy atom. The molecular weight excluding hydrogens is 363 g/mol. The Balaban J connectivity index is 1.84. The topological polar surface area (TPSA) is 94.8 Å². The standard InChI is InChI=1S/C22H29FO5/c1-12-8-16-15-5-4-13-9-14(25)6-7-19(13,2)21(15,23)17(26)10-20(16,3)22(12,28)18(27)11-24/h6-7,9,12,15-17,24,26,28H,4-5,8,10-11H2,1-3H3/t12-,15?,16?,17?,19?,20?,21?,22?/m0/s1. The van der Waals surface area contributed by atoms with Gasteiger partial charge in [0.2, 0.25) is 0 Å². The zero-order chi connectivity index (χ0) is 20.7. The van der Waals surface area contributed by atoms with Crippen molar-refractivity contribution < 1.29 is 29.3 Å². The Morgan fingerprint density at radius 1 is 1.32 bits per heavy atom. The van der Waals surface area contributed by atoms with E-state index in [1.165, 1.54) is 12.2 Å². The fourth-order valence-corrected chi connectivity index (χ4v) is 7.26. The molecule has 5 nitrogen and oxygen atoms in total. The van der Waals surface area contributed by atoms with Crippen LogP contribution in [0.5, 0.6) is 0 Å². The molecular formula is C22H29FO5. The fraction of sp³-hybridized carbons (Fsp3) is 0.727. The number of allylic oxidation sites excluding steroid dienone is 4. The molecule has 0 radical (unpaired) electrons. The molecule has 3 N–H and O–H groups in total. The van der Waals surface area contributed by atoms with Gasteiger partial charge in [0, 0.05) is 16.7 Å². The van der Waals surface area contributed by atoms with Crippen LogP contribution in [0.25, 0.3) is 0 Å². The molecule has 6 heteroatoms. The molecule has 0 aromatic rings. The molecule has 4 aliphatic carbocycles. The highest BCUT2D eigenvalue weighted by atomic mass is 19.1. The third kappa shape index (κ3) is 2.01. The molecule has 0 aromatic heterocycles. The van der Waals surface area contributed by atoms with E-state index in [2.05, 4.69) is 0 Å². The van der Waals surface area contributed by atoms with Gasteiger partial charge in [-0.1, -0.05) is 25.5 Å². The largest absolute Gasteiger partial charge is 0.390 e. The molecule has 154 valence electrons. The predicted molar refractivity (Wildman–Crippen MR) is 99.9 cm³/mol. The molecule has 8 atom stereocenters. The van der Waals surface area contributed by atoms with Crippen molar-refractivity contribution >= 4 is 11.6 Å². The second-order valence-corrected chi connectivity index (χ2v) is 9.75. The van der Waals surface area contributed by atoms with Crippen molar-refractivity contribution in [3.8, 4) is 0 Å². The van der Waals surface area contributed by atoms with Crippen LogP contribution in [0.2, 0.25) is 0 Å². The highest BCUT2D eigenvalue weighted by Crippen LogP contribution is 2.70. The van der Waals surface area contributed by atoms with E-state index in [4.69, 9.17) is 0 Å². The molecule has 7 unspecified atom stereocenters. The number of halogens is 1. The molecule has 4 rings (SSSR count). The summed E-state index contributed by atoms with van der Waals surface area (Å²) >= 11 is 0. The third-order valence-electron chi connectivity index (χ3n) is 8.79. The highest BCUT2D eigenvalue weighted by molar-refractivity contribution is 6.01. The van der Waals surface area contributed by atoms with E-state index in [0.717, 1.165) is 0 Å². The minimum Gasteiger partial charge on any atom is -0.390 e. The van der Waals surface area contributed by atoms with E-state index in [1.807, 2.05) is 0 Å². The van der Waals surface area contributed by atoms with E-state index in [9.17, 15) is 24.9 Å². The number of carbonyl (C=O) groups excluding carboxylic acids is 2. The van der Waals surface area contributed by atoms with Crippen molar-refractivity contribution in [2.24, 2.45) is 28.6 Å². The van der Waals surface area contributed by atoms with E-state index in [0.29, 0.717) is 24.8 Å². The predicted octanol–water partition coefficient (Wildman–Crippen LogP) is 1.90. The summed E-state index contributed by atoms with van der Waals surface area (Å²) in [7, 11) is 0. The van der Waals surface area contributed by atoms with Gasteiger partial charge in [-0.3, -0.25) is 9.59 Å². The minimum absolute atomic E-state index is 0.0676. The number of Topliss-reactive ketones (excluding diaryl/α,β-unsaturated/α-hetero) is 1. The number of alkyl halides is 1. The van der Waals surface area contributed by atoms with Gasteiger partial charge < -0.3 is 15.3 Å². The lowest BCUT2D eigenvalue weighted by molar-refractivity contribution is -0.219. The molecule has 4 aliphatic rings. The van der Waals surface area contributed by atoms with Gasteiger partial charge in [-0.2, -0.15) is 0 Å². The van der Waals surface area contributed by atoms with Crippen LogP contribution in [0.4, 0.5) is 4.39 Å². The average molecular weight is 392 g/mol. The highest BCUT2D eigenvalue weighted by Gasteiger charge is 2.75. The Hall–Kier alpha value is -1.37. The smallest absolute Gasteiger partial charge is 0.190 e. The monoisotopic (exact) mass is 392 g/mol. The third-order valence-corrected chi connectivity index (χ3v) is 8.79. The van der Waals surface area contributed by atoms with Gasteiger partial charge in [0.1, 0.15) is 12.2 Å². The normalized spacial score (nSPS) is 52.5. The maximum Gasteiger partial charge on any atom is 0.190 e. The second kappa shape index (κ2) is 5.83. The molecule has 0 aromatic carbocycles. The lowest BCUT2D eigenvalue weighted by atomic mass is 9.44. The van der Waals surface area contributed by atoms with Crippen molar-refractivity contribution in [1.29, 1.82) is 0 Å². The average Bonchev–Trinajstić information content (AvgIpc) is 2.84. The Morgan fingerprint density at radius 2 is 2.00 bits per heavy atom. The number of hydrogen-bond donors (Lipinski definition) is 3. The zero-order valence-corrected chi connectivity index (χ0v) is 16.6. The van der Waals surface area contributed by atoms with Crippen LogP contribution >= 0.6 is 0 Å². The Labute approximate surface area is 164 Å². The van der Waals surface area contributed by atoms with Gasteiger partial charge in [0.15, 0.2) is 17.2 Å². The molecule has 0 spiro atoms. The second-order valence-electron chi connectivity index (χ2n) is 9.75. The molecule has 0 bridgehead atoms. The molecule has 0 amide bonds. The number of aliphatic hydroxyl groups is 3. The molecule has 0 heterocycles. The summed E-state index contributed by atoms with van der Waals surface area (Å²) in [4.78, 5) is 24.4. The number of ketones is 2. The van der Waals surface area contributed by atoms with E-state index < -0.39 is 52.4 Å². The number of hydrogen-bond acceptors (Lipinski definition) is 5. The summed E-state index contributed by atoms with van der Waals surface area (Å²) in [6.45, 7) is 4.48. The summed E-state index contributed by atoms with van der Waals surface area (Å²) in [6, 6.07) is 0. The zero-order valence-electron chi connectivity index (χ0n) is 16.6. The lowest BCUT2D eigenvalue weighted by Crippen LogP contribution is -2.69. The first kappa shape index (κ1) is 19.9. The van der Waals surface area contributed by atoms with Crippen LogP contribution in [0.1, 0.15) is 46.5 Å². The van der Waals surface area contributed by atoms with Crippen molar-refractivity contribution in [2.45, 2.75) is 63.8 Å². The van der Waals surface area contributed by atoms with Gasteiger partial charge in [0.25, 0.3) is 0 Å². The molecule has 0 saturated heterocycles. The van der Waals surface area contributed by atoms with Crippen LogP contribution in [0.3, 0.4) is 0 Å². The summed E-state index contributed by atoms with van der Waals surface area (Å²) in [5.74, 6) is -2.12. The summed E-state index contributed by atoms with van der Waals surface area (Å²) in [5, 5.41) is 32.0. The van der Waals surface area contributed by atoms with Crippen LogP contribution in [-0.4, -0.2) is 50.9 Å². The quantitative estimate of drug-likeness (QED) is 0.667. The van der Waals surface area contributed by atoms with E-state index >= 15 is 4.39 Å². The first-order chi connectivity index (χ1) is 13.0. The molecule has 0 aliphatic heterocycles. The van der Waals surface area contributed by atoms with Crippen LogP contribution in [0, 0.1) is 28.6 Å². The molecule has 3 fully saturated rings. The van der Waals surface area contributed by atoms with E-state index in [1.54, 1.807) is 26.8 Å². The lowest BCUT2D eigenvalue weighted by Gasteiger charge is -2.62. The van der Waals surface area contributed by atoms with Gasteiger partial charge in [-0.25, -0.2) is 4.39 Å². The van der Waals surface area contributed by atoms with Gasteiger partial charge >= 0.3 is 0 Å². The van der Waals surface area contributed by atoms with Crippen molar-refractivity contribution in [3.05, 3.63) is 23.8 Å². The number of fused-ring (bicyclic) bond motifs is 5.